The largest absolute Gasteiger partial charge is 0.497 e. The number of hydrogen-bond acceptors (Lipinski definition) is 5. The van der Waals surface area contributed by atoms with Gasteiger partial charge in [-0.2, -0.15) is 5.10 Å². The Hall–Kier alpha value is -4.13. The van der Waals surface area contributed by atoms with Gasteiger partial charge in [-0.25, -0.2) is 9.40 Å². The minimum atomic E-state index is -0.466. The Morgan fingerprint density at radius 3 is 2.53 bits per heavy atom. The molecule has 0 aliphatic carbocycles. The van der Waals surface area contributed by atoms with Crippen LogP contribution in [0.2, 0.25) is 0 Å². The minimum absolute atomic E-state index is 0.246. The van der Waals surface area contributed by atoms with Crippen LogP contribution in [-0.2, 0) is 0 Å². The summed E-state index contributed by atoms with van der Waals surface area (Å²) in [7, 11) is 1.61. The number of carbonyl (C=O) groups excluding carboxylic acids is 1. The first-order valence-corrected chi connectivity index (χ1v) is 10.1. The highest BCUT2D eigenvalue weighted by molar-refractivity contribution is 6.05. The number of fused-ring (bicyclic) bond motifs is 1. The molecule has 158 valence electrons. The lowest BCUT2D eigenvalue weighted by Crippen LogP contribution is -2.27. The summed E-state index contributed by atoms with van der Waals surface area (Å²) in [6.07, 6.45) is 3.79. The number of nitrogens with zero attached hydrogens (tertiary/aromatic N) is 4. The van der Waals surface area contributed by atoms with Crippen molar-refractivity contribution in [2.45, 2.75) is 12.5 Å². The van der Waals surface area contributed by atoms with Gasteiger partial charge in [-0.3, -0.25) is 14.8 Å². The smallest absolute Gasteiger partial charge is 0.274 e. The molecule has 1 aliphatic heterocycles. The Morgan fingerprint density at radius 1 is 1.00 bits per heavy atom. The molecule has 0 fully saturated rings. The van der Waals surface area contributed by atoms with Crippen molar-refractivity contribution >= 4 is 22.7 Å². The molecule has 32 heavy (non-hydrogen) atoms. The van der Waals surface area contributed by atoms with Gasteiger partial charge in [0, 0.05) is 24.4 Å². The lowest BCUT2D eigenvalue weighted by Gasteiger charge is -2.22. The molecule has 0 saturated heterocycles. The van der Waals surface area contributed by atoms with E-state index >= 15 is 0 Å². The van der Waals surface area contributed by atoms with E-state index in [0.717, 1.165) is 33.6 Å². The fraction of sp³-hybridized carbons (Fsp3) is 0.120. The summed E-state index contributed by atoms with van der Waals surface area (Å²) in [6.45, 7) is 0. The van der Waals surface area contributed by atoms with Gasteiger partial charge in [0.15, 0.2) is 0 Å². The highest BCUT2D eigenvalue weighted by atomic mass is 19.1. The Morgan fingerprint density at radius 2 is 1.78 bits per heavy atom. The second-order valence-electron chi connectivity index (χ2n) is 7.46. The maximum atomic E-state index is 13.8. The fourth-order valence-electron chi connectivity index (χ4n) is 3.86. The van der Waals surface area contributed by atoms with Crippen molar-refractivity contribution in [2.75, 3.05) is 7.11 Å². The van der Waals surface area contributed by atoms with Crippen molar-refractivity contribution in [3.8, 4) is 5.75 Å². The van der Waals surface area contributed by atoms with Gasteiger partial charge in [-0.05, 0) is 65.7 Å². The van der Waals surface area contributed by atoms with Crippen LogP contribution in [0.4, 0.5) is 4.39 Å². The normalized spacial score (nSPS) is 15.6. The van der Waals surface area contributed by atoms with Gasteiger partial charge in [0.05, 0.1) is 29.9 Å². The molecule has 0 saturated carbocycles. The third kappa shape index (κ3) is 3.69. The molecule has 4 aromatic rings. The summed E-state index contributed by atoms with van der Waals surface area (Å²) in [6, 6.07) is 18.6. The molecule has 5 rings (SSSR count). The van der Waals surface area contributed by atoms with Crippen LogP contribution < -0.4 is 4.74 Å². The molecule has 0 N–H and O–H groups in total. The van der Waals surface area contributed by atoms with E-state index in [1.165, 1.54) is 23.2 Å². The van der Waals surface area contributed by atoms with Crippen LogP contribution in [-0.4, -0.2) is 33.7 Å². The second-order valence-corrected chi connectivity index (χ2v) is 7.46. The van der Waals surface area contributed by atoms with Crippen LogP contribution in [0, 0.1) is 5.82 Å². The van der Waals surface area contributed by atoms with E-state index in [9.17, 15) is 9.18 Å². The van der Waals surface area contributed by atoms with Crippen molar-refractivity contribution in [1.29, 1.82) is 0 Å². The summed E-state index contributed by atoms with van der Waals surface area (Å²) in [5, 5.41) is 6.10. The number of benzene rings is 3. The summed E-state index contributed by atoms with van der Waals surface area (Å²) in [4.78, 5) is 22.0. The lowest BCUT2D eigenvalue weighted by molar-refractivity contribution is 0.0710. The van der Waals surface area contributed by atoms with Crippen molar-refractivity contribution in [3.63, 3.8) is 0 Å². The predicted octanol–water partition coefficient (Wildman–Crippen LogP) is 4.77. The zero-order valence-electron chi connectivity index (χ0n) is 17.3. The number of aromatic nitrogens is 2. The van der Waals surface area contributed by atoms with Crippen LogP contribution in [0.15, 0.2) is 84.2 Å². The maximum Gasteiger partial charge on any atom is 0.274 e. The number of carbonyl (C=O) groups is 1. The maximum absolute atomic E-state index is 13.8. The van der Waals surface area contributed by atoms with E-state index in [-0.39, 0.29) is 17.5 Å². The first-order valence-electron chi connectivity index (χ1n) is 10.1. The molecule has 1 atom stereocenters. The predicted molar refractivity (Wildman–Crippen MR) is 119 cm³/mol. The quantitative estimate of drug-likeness (QED) is 0.472. The topological polar surface area (TPSA) is 67.7 Å². The molecule has 0 bridgehead atoms. The van der Waals surface area contributed by atoms with Gasteiger partial charge in [-0.15, -0.1) is 0 Å². The monoisotopic (exact) mass is 426 g/mol. The molecule has 2 heterocycles. The van der Waals surface area contributed by atoms with E-state index in [1.807, 2.05) is 42.5 Å². The van der Waals surface area contributed by atoms with Gasteiger partial charge in [-0.1, -0.05) is 12.1 Å². The molecule has 1 aromatic heterocycles. The molecule has 1 amide bonds. The third-order valence-electron chi connectivity index (χ3n) is 5.49. The number of amides is 1. The van der Waals surface area contributed by atoms with Crippen molar-refractivity contribution < 1.29 is 13.9 Å². The van der Waals surface area contributed by atoms with E-state index in [4.69, 9.17) is 4.74 Å². The Labute approximate surface area is 184 Å². The molecule has 1 aliphatic rings. The van der Waals surface area contributed by atoms with Gasteiger partial charge < -0.3 is 4.74 Å². The van der Waals surface area contributed by atoms with Crippen molar-refractivity contribution in [1.82, 2.24) is 15.0 Å². The van der Waals surface area contributed by atoms with Crippen molar-refractivity contribution in [2.24, 2.45) is 5.10 Å². The molecule has 6 nitrogen and oxygen atoms in total. The van der Waals surface area contributed by atoms with E-state index in [1.54, 1.807) is 25.6 Å². The van der Waals surface area contributed by atoms with Gasteiger partial charge >= 0.3 is 0 Å². The highest BCUT2D eigenvalue weighted by Crippen LogP contribution is 2.35. The third-order valence-corrected chi connectivity index (χ3v) is 5.49. The highest BCUT2D eigenvalue weighted by Gasteiger charge is 2.34. The molecule has 7 heteroatoms. The van der Waals surface area contributed by atoms with E-state index in [0.29, 0.717) is 6.42 Å². The Balaban J connectivity index is 1.56. The average molecular weight is 426 g/mol. The molecule has 3 aromatic carbocycles. The average Bonchev–Trinajstić information content (AvgIpc) is 3.29. The number of halogens is 1. The zero-order chi connectivity index (χ0) is 22.1. The minimum Gasteiger partial charge on any atom is -0.497 e. The number of methoxy groups -OCH3 is 1. The molecule has 0 spiro atoms. The fourth-order valence-corrected chi connectivity index (χ4v) is 3.86. The van der Waals surface area contributed by atoms with Gasteiger partial charge in [0.2, 0.25) is 0 Å². The van der Waals surface area contributed by atoms with Crippen LogP contribution in [0.3, 0.4) is 0 Å². The van der Waals surface area contributed by atoms with Crippen LogP contribution >= 0.6 is 0 Å². The van der Waals surface area contributed by atoms with Gasteiger partial charge in [0.1, 0.15) is 11.6 Å². The first kappa shape index (κ1) is 19.8. The number of hydrogen-bond donors (Lipinski definition) is 0. The lowest BCUT2D eigenvalue weighted by atomic mass is 9.97. The standard InChI is InChI=1S/C25H19FN4O2/c1-32-20-8-5-16(6-9-20)22-15-24(17-7-10-21-23(14-17)28-12-11-27-21)30(29-22)25(31)18-3-2-4-19(26)13-18/h2-14,24H,15H2,1H3/t24-/m0/s1. The summed E-state index contributed by atoms with van der Waals surface area (Å²) >= 11 is 0. The molecular weight excluding hydrogens is 407 g/mol. The van der Waals surface area contributed by atoms with E-state index < -0.39 is 5.82 Å². The first-order chi connectivity index (χ1) is 15.6. The molecule has 0 radical (unpaired) electrons. The number of ether oxygens (including phenoxy) is 1. The van der Waals surface area contributed by atoms with Crippen LogP contribution in [0.1, 0.15) is 33.9 Å². The molecule has 0 unspecified atom stereocenters. The summed E-state index contributed by atoms with van der Waals surface area (Å²) < 4.78 is 19.0. The van der Waals surface area contributed by atoms with Gasteiger partial charge in [0.25, 0.3) is 5.91 Å². The number of rotatable bonds is 4. The van der Waals surface area contributed by atoms with E-state index in [2.05, 4.69) is 15.1 Å². The second kappa shape index (κ2) is 8.19. The van der Waals surface area contributed by atoms with Crippen molar-refractivity contribution in [3.05, 3.63) is 102 Å². The Kier molecular flexibility index (Phi) is 5.07. The number of hydrazone groups is 1. The summed E-state index contributed by atoms with van der Waals surface area (Å²) in [5.41, 5.74) is 4.30. The van der Waals surface area contributed by atoms with Crippen LogP contribution in [0.5, 0.6) is 5.75 Å². The summed E-state index contributed by atoms with van der Waals surface area (Å²) in [5.74, 6) is -0.0890. The molecular formula is C25H19FN4O2. The zero-order valence-corrected chi connectivity index (χ0v) is 17.3. The Bertz CT molecular complexity index is 1340. The SMILES string of the molecule is COc1ccc(C2=NN(C(=O)c3cccc(F)c3)[C@H](c3ccc4nccnc4c3)C2)cc1. The van der Waals surface area contributed by atoms with Crippen LogP contribution in [0.25, 0.3) is 11.0 Å².